The van der Waals surface area contributed by atoms with Gasteiger partial charge in [-0.05, 0) is 58.4 Å². The smallest absolute Gasteiger partial charge is 0.327 e. The minimum absolute atomic E-state index is 0.647. The highest BCUT2D eigenvalue weighted by atomic mass is 16.5. The van der Waals surface area contributed by atoms with E-state index in [1.165, 1.54) is 44.5 Å². The molecule has 5 heteroatoms. The lowest BCUT2D eigenvalue weighted by Gasteiger charge is -2.20. The summed E-state index contributed by atoms with van der Waals surface area (Å²) < 4.78 is 6.19. The molecule has 4 aromatic rings. The maximum absolute atomic E-state index is 9.25. The topological polar surface area (TPSA) is 83.8 Å². The molecule has 0 heterocycles. The molecule has 0 aliphatic heterocycles. The molecule has 0 radical (unpaired) electrons. The molecule has 0 spiro atoms. The summed E-state index contributed by atoms with van der Waals surface area (Å²) in [5, 5.41) is 15.2. The van der Waals surface area contributed by atoms with Crippen LogP contribution in [-0.4, -0.2) is 28.8 Å². The quantitative estimate of drug-likeness (QED) is 0.233. The van der Waals surface area contributed by atoms with Crippen molar-refractivity contribution in [2.45, 2.75) is 13.3 Å². The summed E-state index contributed by atoms with van der Waals surface area (Å²) in [6, 6.07) is 32.3. The Bertz CT molecular complexity index is 1400. The maximum Gasteiger partial charge on any atom is 0.327 e. The largest absolute Gasteiger partial charge is 0.493 e. The average molecular weight is 507 g/mol. The van der Waals surface area contributed by atoms with Crippen LogP contribution in [0, 0.1) is 0 Å². The summed E-state index contributed by atoms with van der Waals surface area (Å²) in [4.78, 5) is 18.5. The number of carboxylic acid groups (broad SMARTS) is 2. The number of hydrogen-bond donors (Lipinski definition) is 2. The van der Waals surface area contributed by atoms with E-state index in [0.29, 0.717) is 6.61 Å². The second-order valence-corrected chi connectivity index (χ2v) is 8.23. The SMILES string of the molecule is C=CC(=O)O.C=CC(=O)O.CCOc1cc2c(c(-c3ccccc3)c1-c1ccccc1)Cc1ccccc1-2. The molecule has 4 aromatic carbocycles. The van der Waals surface area contributed by atoms with Crippen LogP contribution >= 0.6 is 0 Å². The van der Waals surface area contributed by atoms with Gasteiger partial charge in [0.2, 0.25) is 0 Å². The van der Waals surface area contributed by atoms with Gasteiger partial charge in [0.25, 0.3) is 0 Å². The van der Waals surface area contributed by atoms with Crippen LogP contribution in [-0.2, 0) is 16.0 Å². The molecule has 0 saturated carbocycles. The van der Waals surface area contributed by atoms with Crippen LogP contribution in [0.5, 0.6) is 5.75 Å². The maximum atomic E-state index is 9.25. The Labute approximate surface area is 223 Å². The molecule has 1 aliphatic rings. The predicted octanol–water partition coefficient (Wildman–Crippen LogP) is 7.50. The summed E-state index contributed by atoms with van der Waals surface area (Å²) in [5.74, 6) is -1.00. The van der Waals surface area contributed by atoms with Crippen LogP contribution in [0.4, 0.5) is 0 Å². The molecule has 192 valence electrons. The number of carboxylic acids is 2. The summed E-state index contributed by atoms with van der Waals surface area (Å²) in [6.45, 7) is 8.62. The molecule has 0 saturated heterocycles. The number of benzene rings is 4. The van der Waals surface area contributed by atoms with E-state index in [-0.39, 0.29) is 0 Å². The molecular formula is C33H30O5. The van der Waals surface area contributed by atoms with Gasteiger partial charge in [0.05, 0.1) is 6.61 Å². The molecule has 0 amide bonds. The highest BCUT2D eigenvalue weighted by Crippen LogP contribution is 2.50. The van der Waals surface area contributed by atoms with Crippen LogP contribution < -0.4 is 4.74 Å². The first-order valence-electron chi connectivity index (χ1n) is 12.1. The van der Waals surface area contributed by atoms with Crippen molar-refractivity contribution in [3.8, 4) is 39.1 Å². The van der Waals surface area contributed by atoms with E-state index in [1.807, 2.05) is 0 Å². The van der Waals surface area contributed by atoms with Crippen molar-refractivity contribution in [2.24, 2.45) is 0 Å². The van der Waals surface area contributed by atoms with Crippen LogP contribution in [0.15, 0.2) is 116 Å². The van der Waals surface area contributed by atoms with E-state index < -0.39 is 11.9 Å². The van der Waals surface area contributed by atoms with E-state index in [1.54, 1.807) is 0 Å². The Morgan fingerprint density at radius 1 is 0.763 bits per heavy atom. The van der Waals surface area contributed by atoms with E-state index in [2.05, 4.69) is 111 Å². The Kier molecular flexibility index (Phi) is 9.78. The highest BCUT2D eigenvalue weighted by molar-refractivity contribution is 5.96. The lowest BCUT2D eigenvalue weighted by atomic mass is 9.87. The van der Waals surface area contributed by atoms with Crippen molar-refractivity contribution in [3.05, 3.63) is 127 Å². The predicted molar refractivity (Wildman–Crippen MR) is 152 cm³/mol. The first-order chi connectivity index (χ1) is 18.4. The zero-order chi connectivity index (χ0) is 27.5. The monoisotopic (exact) mass is 506 g/mol. The molecule has 1 aliphatic carbocycles. The van der Waals surface area contributed by atoms with Gasteiger partial charge in [-0.1, -0.05) is 98.1 Å². The summed E-state index contributed by atoms with van der Waals surface area (Å²) in [6.07, 6.45) is 2.63. The zero-order valence-corrected chi connectivity index (χ0v) is 21.3. The Morgan fingerprint density at radius 2 is 1.24 bits per heavy atom. The molecule has 0 aromatic heterocycles. The number of hydrogen-bond acceptors (Lipinski definition) is 3. The molecule has 5 nitrogen and oxygen atoms in total. The third-order valence-electron chi connectivity index (χ3n) is 5.85. The van der Waals surface area contributed by atoms with Crippen molar-refractivity contribution >= 4 is 11.9 Å². The number of rotatable bonds is 6. The van der Waals surface area contributed by atoms with Crippen LogP contribution in [0.3, 0.4) is 0 Å². The third kappa shape index (κ3) is 6.65. The number of ether oxygens (including phenoxy) is 1. The summed E-state index contributed by atoms with van der Waals surface area (Å²) >= 11 is 0. The fourth-order valence-corrected chi connectivity index (χ4v) is 4.33. The minimum atomic E-state index is -0.981. The van der Waals surface area contributed by atoms with Gasteiger partial charge in [-0.3, -0.25) is 0 Å². The molecule has 0 unspecified atom stereocenters. The van der Waals surface area contributed by atoms with Crippen molar-refractivity contribution in [1.29, 1.82) is 0 Å². The zero-order valence-electron chi connectivity index (χ0n) is 21.3. The van der Waals surface area contributed by atoms with Crippen molar-refractivity contribution < 1.29 is 24.5 Å². The summed E-state index contributed by atoms with van der Waals surface area (Å²) in [7, 11) is 0. The Hall–Kier alpha value is -4.90. The summed E-state index contributed by atoms with van der Waals surface area (Å²) in [5.41, 5.74) is 10.4. The first-order valence-corrected chi connectivity index (χ1v) is 12.1. The molecule has 0 atom stereocenters. The lowest BCUT2D eigenvalue weighted by Crippen LogP contribution is -2.00. The molecule has 0 bridgehead atoms. The van der Waals surface area contributed by atoms with Gasteiger partial charge in [-0.15, -0.1) is 0 Å². The van der Waals surface area contributed by atoms with Gasteiger partial charge in [-0.2, -0.15) is 0 Å². The van der Waals surface area contributed by atoms with Gasteiger partial charge in [-0.25, -0.2) is 9.59 Å². The average Bonchev–Trinajstić information content (AvgIpc) is 3.32. The number of carbonyl (C=O) groups is 2. The minimum Gasteiger partial charge on any atom is -0.493 e. The van der Waals surface area contributed by atoms with Gasteiger partial charge >= 0.3 is 11.9 Å². The van der Waals surface area contributed by atoms with Crippen molar-refractivity contribution in [1.82, 2.24) is 0 Å². The van der Waals surface area contributed by atoms with E-state index in [4.69, 9.17) is 14.9 Å². The van der Waals surface area contributed by atoms with Gasteiger partial charge in [0.15, 0.2) is 0 Å². The second-order valence-electron chi connectivity index (χ2n) is 8.23. The Morgan fingerprint density at radius 3 is 1.74 bits per heavy atom. The molecule has 5 rings (SSSR count). The van der Waals surface area contributed by atoms with Gasteiger partial charge in [0, 0.05) is 17.7 Å². The van der Waals surface area contributed by atoms with Crippen LogP contribution in [0.25, 0.3) is 33.4 Å². The first kappa shape index (κ1) is 27.7. The fourth-order valence-electron chi connectivity index (χ4n) is 4.33. The van der Waals surface area contributed by atoms with Crippen LogP contribution in [0.2, 0.25) is 0 Å². The van der Waals surface area contributed by atoms with Crippen molar-refractivity contribution in [2.75, 3.05) is 6.61 Å². The Balaban J connectivity index is 0.000000344. The standard InChI is InChI=1S/C27H22O.2C3H4O2/c1-2-28-25-18-23-22-16-10-9-15-21(22)17-24(23)26(19-11-5-3-6-12-19)27(25)20-13-7-4-8-14-20;2*1-2-3(4)5/h3-16,18H,2,17H2,1H3;2*2H,1H2,(H,4,5). The second kappa shape index (κ2) is 13.4. The lowest BCUT2D eigenvalue weighted by molar-refractivity contribution is -0.132. The van der Waals surface area contributed by atoms with Gasteiger partial charge < -0.3 is 14.9 Å². The van der Waals surface area contributed by atoms with Crippen molar-refractivity contribution in [3.63, 3.8) is 0 Å². The van der Waals surface area contributed by atoms with E-state index in [0.717, 1.165) is 24.3 Å². The number of aliphatic carboxylic acids is 2. The van der Waals surface area contributed by atoms with E-state index in [9.17, 15) is 9.59 Å². The molecule has 38 heavy (non-hydrogen) atoms. The highest BCUT2D eigenvalue weighted by Gasteiger charge is 2.27. The molecule has 0 fully saturated rings. The third-order valence-corrected chi connectivity index (χ3v) is 5.85. The molecule has 2 N–H and O–H groups in total. The fraction of sp³-hybridized carbons (Fsp3) is 0.0909. The molecular weight excluding hydrogens is 476 g/mol. The normalized spacial score (nSPS) is 10.3. The number of fused-ring (bicyclic) bond motifs is 3. The van der Waals surface area contributed by atoms with Gasteiger partial charge in [0.1, 0.15) is 5.75 Å². The van der Waals surface area contributed by atoms with E-state index >= 15 is 0 Å². The van der Waals surface area contributed by atoms with Crippen LogP contribution in [0.1, 0.15) is 18.1 Å².